The minimum atomic E-state index is 0.00267. The molecule has 2 unspecified atom stereocenters. The van der Waals surface area contributed by atoms with E-state index in [1.807, 2.05) is 11.8 Å². The molecule has 0 amide bonds. The van der Waals surface area contributed by atoms with Gasteiger partial charge in [-0.25, -0.2) is 0 Å². The molecule has 3 heteroatoms. The quantitative estimate of drug-likeness (QED) is 0.520. The van der Waals surface area contributed by atoms with Crippen molar-refractivity contribution in [3.63, 3.8) is 0 Å². The van der Waals surface area contributed by atoms with Gasteiger partial charge in [0.05, 0.1) is 5.60 Å². The first kappa shape index (κ1) is 13.5. The molecule has 0 N–H and O–H groups in total. The summed E-state index contributed by atoms with van der Waals surface area (Å²) < 4.78 is 5.94. The van der Waals surface area contributed by atoms with Crippen LogP contribution < -0.4 is 0 Å². The van der Waals surface area contributed by atoms with Crippen LogP contribution in [0, 0.1) is 0 Å². The monoisotopic (exact) mass is 220 g/mol. The molecule has 0 aliphatic heterocycles. The summed E-state index contributed by atoms with van der Waals surface area (Å²) in [5, 5.41) is 0. The van der Waals surface area contributed by atoms with E-state index >= 15 is 0 Å². The van der Waals surface area contributed by atoms with Crippen LogP contribution in [0.3, 0.4) is 0 Å². The number of hydrogen-bond acceptors (Lipinski definition) is 2. The van der Waals surface area contributed by atoms with Gasteiger partial charge in [-0.3, -0.25) is 0 Å². The molecular weight excluding hydrogens is 196 g/mol. The Kier molecular flexibility index (Phi) is 6.34. The summed E-state index contributed by atoms with van der Waals surface area (Å²) in [6.45, 7) is 10.8. The van der Waals surface area contributed by atoms with Crippen molar-refractivity contribution in [1.29, 1.82) is 0 Å². The van der Waals surface area contributed by atoms with Crippen LogP contribution in [0.2, 0.25) is 0 Å². The minimum absolute atomic E-state index is 0.00267. The SMILES string of the molecule is CCC([SiH3])SC(CC)OC(C)(C)C. The van der Waals surface area contributed by atoms with Gasteiger partial charge in [0.15, 0.2) is 0 Å². The van der Waals surface area contributed by atoms with Crippen LogP contribution in [0.4, 0.5) is 0 Å². The predicted molar refractivity (Wildman–Crippen MR) is 66.5 cm³/mol. The molecular formula is C10H24OSSi. The average molecular weight is 220 g/mol. The maximum atomic E-state index is 5.94. The van der Waals surface area contributed by atoms with Gasteiger partial charge in [-0.2, -0.15) is 0 Å². The summed E-state index contributed by atoms with van der Waals surface area (Å²) in [5.74, 6) is 0. The lowest BCUT2D eigenvalue weighted by Gasteiger charge is -2.28. The van der Waals surface area contributed by atoms with Crippen LogP contribution in [0.5, 0.6) is 0 Å². The first-order chi connectivity index (χ1) is 5.89. The van der Waals surface area contributed by atoms with Crippen molar-refractivity contribution < 1.29 is 4.74 Å². The normalized spacial score (nSPS) is 17.3. The van der Waals surface area contributed by atoms with Gasteiger partial charge in [0.1, 0.15) is 5.44 Å². The summed E-state index contributed by atoms with van der Waals surface area (Å²) in [5.41, 5.74) is 0.394. The van der Waals surface area contributed by atoms with Gasteiger partial charge in [0.25, 0.3) is 0 Å². The van der Waals surface area contributed by atoms with E-state index in [1.165, 1.54) is 16.7 Å². The Labute approximate surface area is 90.4 Å². The second kappa shape index (κ2) is 6.09. The molecule has 0 aliphatic rings. The van der Waals surface area contributed by atoms with Crippen molar-refractivity contribution in [2.75, 3.05) is 0 Å². The van der Waals surface area contributed by atoms with Gasteiger partial charge in [-0.15, -0.1) is 11.8 Å². The van der Waals surface area contributed by atoms with Crippen molar-refractivity contribution in [3.8, 4) is 0 Å². The van der Waals surface area contributed by atoms with E-state index in [0.29, 0.717) is 5.44 Å². The van der Waals surface area contributed by atoms with Gasteiger partial charge < -0.3 is 4.74 Å². The van der Waals surface area contributed by atoms with Crippen molar-refractivity contribution in [3.05, 3.63) is 0 Å². The molecule has 0 heterocycles. The fraction of sp³-hybridized carbons (Fsp3) is 1.00. The molecule has 80 valence electrons. The highest BCUT2D eigenvalue weighted by molar-refractivity contribution is 8.01. The van der Waals surface area contributed by atoms with Crippen molar-refractivity contribution in [2.24, 2.45) is 0 Å². The van der Waals surface area contributed by atoms with Gasteiger partial charge >= 0.3 is 0 Å². The molecule has 0 rings (SSSR count). The Morgan fingerprint density at radius 2 is 1.77 bits per heavy atom. The van der Waals surface area contributed by atoms with E-state index in [1.54, 1.807) is 0 Å². The zero-order valence-electron chi connectivity index (χ0n) is 9.89. The van der Waals surface area contributed by atoms with Crippen LogP contribution in [-0.2, 0) is 4.74 Å². The van der Waals surface area contributed by atoms with E-state index < -0.39 is 0 Å². The molecule has 0 bridgehead atoms. The van der Waals surface area contributed by atoms with Crippen LogP contribution in [0.15, 0.2) is 0 Å². The molecule has 0 fully saturated rings. The Bertz CT molecular complexity index is 133. The Balaban J connectivity index is 3.89. The summed E-state index contributed by atoms with van der Waals surface area (Å²) in [4.78, 5) is 0.840. The highest BCUT2D eigenvalue weighted by Crippen LogP contribution is 2.26. The van der Waals surface area contributed by atoms with E-state index in [2.05, 4.69) is 34.6 Å². The van der Waals surface area contributed by atoms with E-state index in [-0.39, 0.29) is 5.60 Å². The summed E-state index contributed by atoms with van der Waals surface area (Å²) in [6, 6.07) is 0. The van der Waals surface area contributed by atoms with Crippen molar-refractivity contribution in [2.45, 2.75) is 63.4 Å². The molecule has 2 atom stereocenters. The first-order valence-electron chi connectivity index (χ1n) is 5.22. The van der Waals surface area contributed by atoms with Crippen molar-refractivity contribution >= 4 is 22.0 Å². The highest BCUT2D eigenvalue weighted by Gasteiger charge is 2.19. The topological polar surface area (TPSA) is 9.23 Å². The Hall–Kier alpha value is 0.527. The van der Waals surface area contributed by atoms with Crippen molar-refractivity contribution in [1.82, 2.24) is 0 Å². The van der Waals surface area contributed by atoms with E-state index in [9.17, 15) is 0 Å². The molecule has 0 saturated carbocycles. The van der Waals surface area contributed by atoms with Crippen LogP contribution in [-0.4, -0.2) is 26.2 Å². The third-order valence-electron chi connectivity index (χ3n) is 1.78. The lowest BCUT2D eigenvalue weighted by molar-refractivity contribution is -0.0200. The minimum Gasteiger partial charge on any atom is -0.362 e. The second-order valence-corrected chi connectivity index (χ2v) is 8.26. The average Bonchev–Trinajstić information content (AvgIpc) is 2.00. The van der Waals surface area contributed by atoms with Gasteiger partial charge in [-0.1, -0.05) is 13.8 Å². The molecule has 0 saturated heterocycles. The maximum Gasteiger partial charge on any atom is 0.103 e. The lowest BCUT2D eigenvalue weighted by atomic mass is 10.2. The molecule has 0 aromatic rings. The summed E-state index contributed by atoms with van der Waals surface area (Å²) >= 11 is 2.01. The molecule has 0 aromatic heterocycles. The second-order valence-electron chi connectivity index (χ2n) is 4.42. The number of hydrogen-bond donors (Lipinski definition) is 0. The molecule has 13 heavy (non-hydrogen) atoms. The third-order valence-corrected chi connectivity index (χ3v) is 4.94. The first-order valence-corrected chi connectivity index (χ1v) is 7.32. The smallest absolute Gasteiger partial charge is 0.103 e. The number of thioether (sulfide) groups is 1. The van der Waals surface area contributed by atoms with Crippen LogP contribution in [0.1, 0.15) is 47.5 Å². The van der Waals surface area contributed by atoms with Gasteiger partial charge in [0, 0.05) is 10.2 Å². The summed E-state index contributed by atoms with van der Waals surface area (Å²) in [6.07, 6.45) is 2.39. The standard InChI is InChI=1S/C10H24OSSi/c1-6-8(11-10(3,4)5)12-9(13)7-2/h8-9H,6-7H2,1-5,13H3. The zero-order valence-corrected chi connectivity index (χ0v) is 12.7. The fourth-order valence-electron chi connectivity index (χ4n) is 0.957. The molecule has 0 aromatic carbocycles. The number of ether oxygens (including phenoxy) is 1. The Morgan fingerprint density at radius 3 is 2.08 bits per heavy atom. The fourth-order valence-corrected chi connectivity index (χ4v) is 3.12. The van der Waals surface area contributed by atoms with E-state index in [0.717, 1.165) is 11.3 Å². The van der Waals surface area contributed by atoms with Gasteiger partial charge in [-0.05, 0) is 38.5 Å². The third kappa shape index (κ3) is 7.59. The van der Waals surface area contributed by atoms with Gasteiger partial charge in [0.2, 0.25) is 0 Å². The van der Waals surface area contributed by atoms with E-state index in [4.69, 9.17) is 4.74 Å². The molecule has 0 aliphatic carbocycles. The molecule has 0 radical (unpaired) electrons. The Morgan fingerprint density at radius 1 is 1.23 bits per heavy atom. The zero-order chi connectivity index (χ0) is 10.5. The maximum absolute atomic E-state index is 5.94. The largest absolute Gasteiger partial charge is 0.362 e. The summed E-state index contributed by atoms with van der Waals surface area (Å²) in [7, 11) is 1.27. The lowest BCUT2D eigenvalue weighted by Crippen LogP contribution is -2.26. The predicted octanol–water partition coefficient (Wildman–Crippen LogP) is 2.37. The number of rotatable bonds is 5. The van der Waals surface area contributed by atoms with Crippen LogP contribution in [0.25, 0.3) is 0 Å². The van der Waals surface area contributed by atoms with Crippen LogP contribution >= 0.6 is 11.8 Å². The molecule has 0 spiro atoms. The highest BCUT2D eigenvalue weighted by atomic mass is 32.2. The molecule has 1 nitrogen and oxygen atoms in total.